The normalized spacial score (nSPS) is 16.5. The van der Waals surface area contributed by atoms with E-state index >= 15 is 0 Å². The maximum atomic E-state index is 7.79. The minimum absolute atomic E-state index is 0.612. The van der Waals surface area contributed by atoms with Crippen LogP contribution in [-0.4, -0.2) is 23.8 Å². The number of nitrogens with one attached hydrogen (secondary N) is 1. The van der Waals surface area contributed by atoms with Gasteiger partial charge in [0, 0.05) is 19.0 Å². The standard InChI is InChI=1S/C9H18N2/c1-3-7-11(4-2)9(10)8-5-6-8/h8,10H,3-7H2,1-2H3. The van der Waals surface area contributed by atoms with E-state index in [1.54, 1.807) is 0 Å². The molecule has 1 saturated carbocycles. The van der Waals surface area contributed by atoms with E-state index in [0.717, 1.165) is 25.3 Å². The molecule has 2 nitrogen and oxygen atoms in total. The third kappa shape index (κ3) is 2.21. The summed E-state index contributed by atoms with van der Waals surface area (Å²) in [5.41, 5.74) is 0. The topological polar surface area (TPSA) is 27.1 Å². The molecular formula is C9H18N2. The van der Waals surface area contributed by atoms with Crippen LogP contribution < -0.4 is 0 Å². The molecule has 0 aromatic heterocycles. The van der Waals surface area contributed by atoms with E-state index in [-0.39, 0.29) is 0 Å². The Morgan fingerprint density at radius 2 is 2.09 bits per heavy atom. The molecule has 2 heteroatoms. The van der Waals surface area contributed by atoms with Gasteiger partial charge in [-0.05, 0) is 26.2 Å². The average Bonchev–Trinajstić information content (AvgIpc) is 2.81. The molecule has 0 amide bonds. The van der Waals surface area contributed by atoms with Crippen molar-refractivity contribution in [3.8, 4) is 0 Å². The fourth-order valence-corrected chi connectivity index (χ4v) is 1.33. The number of nitrogens with zero attached hydrogens (tertiary/aromatic N) is 1. The molecule has 0 aromatic rings. The highest BCUT2D eigenvalue weighted by atomic mass is 15.2. The highest BCUT2D eigenvalue weighted by molar-refractivity contribution is 5.83. The molecule has 0 bridgehead atoms. The minimum Gasteiger partial charge on any atom is -0.361 e. The van der Waals surface area contributed by atoms with E-state index in [4.69, 9.17) is 5.41 Å². The molecule has 0 heterocycles. The molecule has 0 unspecified atom stereocenters. The van der Waals surface area contributed by atoms with E-state index < -0.39 is 0 Å². The molecule has 0 aliphatic heterocycles. The summed E-state index contributed by atoms with van der Waals surface area (Å²) in [6.45, 7) is 6.37. The van der Waals surface area contributed by atoms with Crippen molar-refractivity contribution in [2.24, 2.45) is 5.92 Å². The van der Waals surface area contributed by atoms with Crippen molar-refractivity contribution in [2.45, 2.75) is 33.1 Å². The molecule has 1 rings (SSSR count). The molecule has 1 aliphatic carbocycles. The van der Waals surface area contributed by atoms with E-state index in [1.807, 2.05) is 0 Å². The van der Waals surface area contributed by atoms with Crippen molar-refractivity contribution < 1.29 is 0 Å². The summed E-state index contributed by atoms with van der Waals surface area (Å²) in [5, 5.41) is 7.79. The van der Waals surface area contributed by atoms with Gasteiger partial charge in [0.25, 0.3) is 0 Å². The number of hydrogen-bond donors (Lipinski definition) is 1. The molecule has 0 aromatic carbocycles. The second-order valence-corrected chi connectivity index (χ2v) is 3.24. The van der Waals surface area contributed by atoms with Gasteiger partial charge in [-0.25, -0.2) is 0 Å². The SMILES string of the molecule is CCCN(CC)C(=N)C1CC1. The van der Waals surface area contributed by atoms with Crippen LogP contribution in [0, 0.1) is 11.3 Å². The van der Waals surface area contributed by atoms with Crippen LogP contribution >= 0.6 is 0 Å². The molecule has 1 aliphatic rings. The maximum absolute atomic E-state index is 7.79. The van der Waals surface area contributed by atoms with E-state index in [0.29, 0.717) is 5.92 Å². The van der Waals surface area contributed by atoms with Gasteiger partial charge in [-0.2, -0.15) is 0 Å². The Bertz CT molecular complexity index is 138. The predicted octanol–water partition coefficient (Wildman–Crippen LogP) is 2.11. The Morgan fingerprint density at radius 3 is 2.45 bits per heavy atom. The van der Waals surface area contributed by atoms with Gasteiger partial charge in [0.05, 0.1) is 5.84 Å². The van der Waals surface area contributed by atoms with E-state index in [1.165, 1.54) is 12.8 Å². The van der Waals surface area contributed by atoms with Crippen LogP contribution in [0.4, 0.5) is 0 Å². The monoisotopic (exact) mass is 154 g/mol. The van der Waals surface area contributed by atoms with Crippen molar-refractivity contribution in [2.75, 3.05) is 13.1 Å². The first-order chi connectivity index (χ1) is 5.29. The first kappa shape index (κ1) is 8.57. The summed E-state index contributed by atoms with van der Waals surface area (Å²) >= 11 is 0. The second-order valence-electron chi connectivity index (χ2n) is 3.24. The van der Waals surface area contributed by atoms with Crippen LogP contribution in [0.5, 0.6) is 0 Å². The smallest absolute Gasteiger partial charge is 0.0989 e. The predicted molar refractivity (Wildman–Crippen MR) is 48.0 cm³/mol. The van der Waals surface area contributed by atoms with Crippen molar-refractivity contribution in [1.29, 1.82) is 5.41 Å². The molecule has 0 saturated heterocycles. The molecule has 0 radical (unpaired) electrons. The number of amidine groups is 1. The Hall–Kier alpha value is -0.530. The van der Waals surface area contributed by atoms with Gasteiger partial charge in [0.15, 0.2) is 0 Å². The summed E-state index contributed by atoms with van der Waals surface area (Å²) < 4.78 is 0. The molecule has 0 atom stereocenters. The van der Waals surface area contributed by atoms with Crippen LogP contribution in [0.15, 0.2) is 0 Å². The highest BCUT2D eigenvalue weighted by Gasteiger charge is 2.28. The van der Waals surface area contributed by atoms with Gasteiger partial charge in [0.1, 0.15) is 0 Å². The highest BCUT2D eigenvalue weighted by Crippen LogP contribution is 2.31. The summed E-state index contributed by atoms with van der Waals surface area (Å²) in [6, 6.07) is 0. The van der Waals surface area contributed by atoms with Crippen molar-refractivity contribution in [3.63, 3.8) is 0 Å². The zero-order chi connectivity index (χ0) is 8.27. The lowest BCUT2D eigenvalue weighted by atomic mass is 10.3. The van der Waals surface area contributed by atoms with Crippen molar-refractivity contribution >= 4 is 5.84 Å². The van der Waals surface area contributed by atoms with Crippen LogP contribution in [0.2, 0.25) is 0 Å². The largest absolute Gasteiger partial charge is 0.361 e. The van der Waals surface area contributed by atoms with Gasteiger partial charge >= 0.3 is 0 Å². The first-order valence-corrected chi connectivity index (χ1v) is 4.63. The molecule has 1 N–H and O–H groups in total. The number of rotatable bonds is 4. The van der Waals surface area contributed by atoms with E-state index in [9.17, 15) is 0 Å². The Morgan fingerprint density at radius 1 is 1.45 bits per heavy atom. The zero-order valence-electron chi connectivity index (χ0n) is 7.56. The van der Waals surface area contributed by atoms with Gasteiger partial charge in [-0.1, -0.05) is 6.92 Å². The zero-order valence-corrected chi connectivity index (χ0v) is 7.56. The maximum Gasteiger partial charge on any atom is 0.0989 e. The minimum atomic E-state index is 0.612. The molecule has 64 valence electrons. The Kier molecular flexibility index (Phi) is 2.92. The molecular weight excluding hydrogens is 136 g/mol. The molecule has 1 fully saturated rings. The first-order valence-electron chi connectivity index (χ1n) is 4.63. The quantitative estimate of drug-likeness (QED) is 0.487. The van der Waals surface area contributed by atoms with Crippen molar-refractivity contribution in [3.05, 3.63) is 0 Å². The lowest BCUT2D eigenvalue weighted by Crippen LogP contribution is -2.32. The summed E-state index contributed by atoms with van der Waals surface area (Å²) in [4.78, 5) is 2.19. The van der Waals surface area contributed by atoms with Crippen LogP contribution in [0.25, 0.3) is 0 Å². The fourth-order valence-electron chi connectivity index (χ4n) is 1.33. The van der Waals surface area contributed by atoms with Crippen LogP contribution in [0.3, 0.4) is 0 Å². The fraction of sp³-hybridized carbons (Fsp3) is 0.889. The third-order valence-electron chi connectivity index (χ3n) is 2.18. The summed E-state index contributed by atoms with van der Waals surface area (Å²) in [7, 11) is 0. The Balaban J connectivity index is 2.32. The average molecular weight is 154 g/mol. The Labute approximate surface area is 69.1 Å². The van der Waals surface area contributed by atoms with Gasteiger partial charge in [0.2, 0.25) is 0 Å². The van der Waals surface area contributed by atoms with Crippen molar-refractivity contribution in [1.82, 2.24) is 4.90 Å². The number of hydrogen-bond acceptors (Lipinski definition) is 1. The van der Waals surface area contributed by atoms with E-state index in [2.05, 4.69) is 18.7 Å². The second kappa shape index (κ2) is 3.74. The lowest BCUT2D eigenvalue weighted by molar-refractivity contribution is 0.424. The van der Waals surface area contributed by atoms with Gasteiger partial charge < -0.3 is 4.90 Å². The van der Waals surface area contributed by atoms with Gasteiger partial charge in [-0.3, -0.25) is 5.41 Å². The van der Waals surface area contributed by atoms with Crippen LogP contribution in [-0.2, 0) is 0 Å². The van der Waals surface area contributed by atoms with Gasteiger partial charge in [-0.15, -0.1) is 0 Å². The lowest BCUT2D eigenvalue weighted by Gasteiger charge is -2.22. The molecule has 11 heavy (non-hydrogen) atoms. The summed E-state index contributed by atoms with van der Waals surface area (Å²) in [5.74, 6) is 1.50. The van der Waals surface area contributed by atoms with Crippen LogP contribution in [0.1, 0.15) is 33.1 Å². The third-order valence-corrected chi connectivity index (χ3v) is 2.18. The molecule has 0 spiro atoms. The summed E-state index contributed by atoms with van der Waals surface area (Å²) in [6.07, 6.45) is 3.65.